The minimum absolute atomic E-state index is 1.00. The van der Waals surface area contributed by atoms with Gasteiger partial charge in [-0.2, -0.15) is 0 Å². The molecule has 0 aliphatic rings. The van der Waals surface area contributed by atoms with Crippen LogP contribution in [-0.4, -0.2) is 7.05 Å². The van der Waals surface area contributed by atoms with E-state index in [1.165, 1.54) is 29.7 Å². The minimum atomic E-state index is 1.00. The molecule has 0 aliphatic carbocycles. The van der Waals surface area contributed by atoms with Gasteiger partial charge in [-0.25, -0.2) is 0 Å². The van der Waals surface area contributed by atoms with Crippen molar-refractivity contribution < 1.29 is 0 Å². The molecule has 1 N–H and O–H groups in total. The summed E-state index contributed by atoms with van der Waals surface area (Å²) >= 11 is 1.89. The van der Waals surface area contributed by atoms with Crippen LogP contribution < -0.4 is 5.32 Å². The quantitative estimate of drug-likeness (QED) is 0.740. The lowest BCUT2D eigenvalue weighted by atomic mass is 10.2. The van der Waals surface area contributed by atoms with Crippen molar-refractivity contribution in [2.75, 3.05) is 7.05 Å². The van der Waals surface area contributed by atoms with Gasteiger partial charge >= 0.3 is 0 Å². The lowest BCUT2D eigenvalue weighted by Gasteiger charge is -1.93. The molecule has 0 spiro atoms. The molecule has 0 aromatic carbocycles. The Bertz CT molecular complexity index is 217. The summed E-state index contributed by atoms with van der Waals surface area (Å²) in [7, 11) is 1.99. The molecule has 0 fully saturated rings. The molecule has 2 heteroatoms. The summed E-state index contributed by atoms with van der Waals surface area (Å²) in [5.41, 5.74) is 1.42. The predicted octanol–water partition coefficient (Wildman–Crippen LogP) is 2.81. The van der Waals surface area contributed by atoms with E-state index in [-0.39, 0.29) is 0 Å². The fourth-order valence-corrected chi connectivity index (χ4v) is 2.14. The van der Waals surface area contributed by atoms with Crippen molar-refractivity contribution in [1.29, 1.82) is 0 Å². The smallest absolute Gasteiger partial charge is 0.0210 e. The van der Waals surface area contributed by atoms with Crippen LogP contribution in [0.3, 0.4) is 0 Å². The molecule has 0 saturated carbocycles. The molecule has 1 heterocycles. The molecule has 12 heavy (non-hydrogen) atoms. The molecule has 1 rings (SSSR count). The van der Waals surface area contributed by atoms with E-state index in [9.17, 15) is 0 Å². The van der Waals surface area contributed by atoms with Crippen molar-refractivity contribution >= 4 is 11.3 Å². The SMILES string of the molecule is CCCCc1cc(CNC)cs1. The predicted molar refractivity (Wildman–Crippen MR) is 55.7 cm³/mol. The number of unbranched alkanes of at least 4 members (excludes halogenated alkanes) is 1. The topological polar surface area (TPSA) is 12.0 Å². The fraction of sp³-hybridized carbons (Fsp3) is 0.600. The van der Waals surface area contributed by atoms with Gasteiger partial charge in [-0.05, 0) is 36.9 Å². The Morgan fingerprint density at radius 1 is 1.50 bits per heavy atom. The Balaban J connectivity index is 2.41. The highest BCUT2D eigenvalue weighted by atomic mass is 32.1. The summed E-state index contributed by atoms with van der Waals surface area (Å²) in [6.45, 7) is 3.24. The third-order valence-electron chi connectivity index (χ3n) is 1.87. The third kappa shape index (κ3) is 2.95. The van der Waals surface area contributed by atoms with Crippen LogP contribution in [-0.2, 0) is 13.0 Å². The van der Waals surface area contributed by atoms with E-state index in [1.807, 2.05) is 18.4 Å². The van der Waals surface area contributed by atoms with Crippen LogP contribution in [0.15, 0.2) is 11.4 Å². The highest BCUT2D eigenvalue weighted by Crippen LogP contribution is 2.16. The van der Waals surface area contributed by atoms with Crippen LogP contribution in [0.2, 0.25) is 0 Å². The van der Waals surface area contributed by atoms with Crippen LogP contribution in [0, 0.1) is 0 Å². The zero-order valence-corrected chi connectivity index (χ0v) is 8.71. The van der Waals surface area contributed by atoms with Crippen molar-refractivity contribution in [2.45, 2.75) is 32.7 Å². The summed E-state index contributed by atoms with van der Waals surface area (Å²) in [6.07, 6.45) is 3.86. The average Bonchev–Trinajstić information content (AvgIpc) is 2.50. The highest BCUT2D eigenvalue weighted by molar-refractivity contribution is 7.10. The van der Waals surface area contributed by atoms with Crippen molar-refractivity contribution in [2.24, 2.45) is 0 Å². The second-order valence-corrected chi connectivity index (χ2v) is 4.05. The standard InChI is InChI=1S/C10H17NS/c1-3-4-5-10-6-9(7-11-2)8-12-10/h6,8,11H,3-5,7H2,1-2H3. The maximum Gasteiger partial charge on any atom is 0.0210 e. The molecule has 1 nitrogen and oxygen atoms in total. The molecular formula is C10H17NS. The largest absolute Gasteiger partial charge is 0.316 e. The van der Waals surface area contributed by atoms with Gasteiger partial charge in [-0.3, -0.25) is 0 Å². The second-order valence-electron chi connectivity index (χ2n) is 3.06. The lowest BCUT2D eigenvalue weighted by molar-refractivity contribution is 0.798. The van der Waals surface area contributed by atoms with Crippen LogP contribution in [0.4, 0.5) is 0 Å². The number of aryl methyl sites for hydroxylation is 1. The summed E-state index contributed by atoms with van der Waals surface area (Å²) in [5, 5.41) is 5.41. The van der Waals surface area contributed by atoms with Crippen molar-refractivity contribution in [1.82, 2.24) is 5.32 Å². The highest BCUT2D eigenvalue weighted by Gasteiger charge is 1.97. The Hall–Kier alpha value is -0.340. The first-order chi connectivity index (χ1) is 5.86. The maximum absolute atomic E-state index is 3.16. The molecular weight excluding hydrogens is 166 g/mol. The van der Waals surface area contributed by atoms with Crippen LogP contribution in [0.5, 0.6) is 0 Å². The molecule has 0 radical (unpaired) electrons. The van der Waals surface area contributed by atoms with E-state index < -0.39 is 0 Å². The van der Waals surface area contributed by atoms with Gasteiger partial charge in [0.15, 0.2) is 0 Å². The van der Waals surface area contributed by atoms with E-state index in [0.717, 1.165) is 6.54 Å². The summed E-state index contributed by atoms with van der Waals surface area (Å²) in [4.78, 5) is 1.53. The molecule has 1 aromatic rings. The first-order valence-electron chi connectivity index (χ1n) is 4.57. The van der Waals surface area contributed by atoms with Crippen LogP contribution >= 0.6 is 11.3 Å². The molecule has 0 unspecified atom stereocenters. The minimum Gasteiger partial charge on any atom is -0.316 e. The van der Waals surface area contributed by atoms with E-state index in [0.29, 0.717) is 0 Å². The van der Waals surface area contributed by atoms with Crippen molar-refractivity contribution in [3.8, 4) is 0 Å². The number of hydrogen-bond donors (Lipinski definition) is 1. The monoisotopic (exact) mass is 183 g/mol. The molecule has 0 amide bonds. The van der Waals surface area contributed by atoms with E-state index in [1.54, 1.807) is 0 Å². The normalized spacial score (nSPS) is 10.5. The summed E-state index contributed by atoms with van der Waals surface area (Å²) < 4.78 is 0. The van der Waals surface area contributed by atoms with Gasteiger partial charge < -0.3 is 5.32 Å². The third-order valence-corrected chi connectivity index (χ3v) is 2.91. The number of nitrogens with one attached hydrogen (secondary N) is 1. The van der Waals surface area contributed by atoms with Gasteiger partial charge in [0.2, 0.25) is 0 Å². The maximum atomic E-state index is 3.16. The molecule has 0 bridgehead atoms. The van der Waals surface area contributed by atoms with Gasteiger partial charge in [0.05, 0.1) is 0 Å². The van der Waals surface area contributed by atoms with Crippen molar-refractivity contribution in [3.05, 3.63) is 21.9 Å². The van der Waals surface area contributed by atoms with Crippen LogP contribution in [0.25, 0.3) is 0 Å². The zero-order valence-electron chi connectivity index (χ0n) is 7.89. The number of hydrogen-bond acceptors (Lipinski definition) is 2. The molecule has 68 valence electrons. The molecule has 0 atom stereocenters. The Labute approximate surface area is 78.8 Å². The Morgan fingerprint density at radius 2 is 2.33 bits per heavy atom. The zero-order chi connectivity index (χ0) is 8.81. The number of rotatable bonds is 5. The van der Waals surface area contributed by atoms with Gasteiger partial charge in [-0.1, -0.05) is 13.3 Å². The number of thiophene rings is 1. The lowest BCUT2D eigenvalue weighted by Crippen LogP contribution is -2.03. The molecule has 1 aromatic heterocycles. The molecule has 0 aliphatic heterocycles. The van der Waals surface area contributed by atoms with E-state index in [2.05, 4.69) is 23.7 Å². The van der Waals surface area contributed by atoms with Gasteiger partial charge in [0.1, 0.15) is 0 Å². The van der Waals surface area contributed by atoms with Crippen LogP contribution in [0.1, 0.15) is 30.2 Å². The first-order valence-corrected chi connectivity index (χ1v) is 5.45. The average molecular weight is 183 g/mol. The Morgan fingerprint density at radius 3 is 3.00 bits per heavy atom. The summed E-state index contributed by atoms with van der Waals surface area (Å²) in [6, 6.07) is 2.32. The van der Waals surface area contributed by atoms with Gasteiger partial charge in [0, 0.05) is 11.4 Å². The van der Waals surface area contributed by atoms with Gasteiger partial charge in [-0.15, -0.1) is 11.3 Å². The fourth-order valence-electron chi connectivity index (χ4n) is 1.21. The summed E-state index contributed by atoms with van der Waals surface area (Å²) in [5.74, 6) is 0. The van der Waals surface area contributed by atoms with Crippen molar-refractivity contribution in [3.63, 3.8) is 0 Å². The Kier molecular flexibility index (Phi) is 4.33. The van der Waals surface area contributed by atoms with E-state index in [4.69, 9.17) is 0 Å². The van der Waals surface area contributed by atoms with Gasteiger partial charge in [0.25, 0.3) is 0 Å². The van der Waals surface area contributed by atoms with E-state index >= 15 is 0 Å². The second kappa shape index (κ2) is 5.33. The first kappa shape index (κ1) is 9.75. The molecule has 0 saturated heterocycles.